The predicted molar refractivity (Wildman–Crippen MR) is 81.3 cm³/mol. The topological polar surface area (TPSA) is 21.3 Å². The Morgan fingerprint density at radius 3 is 2.79 bits per heavy atom. The van der Waals surface area contributed by atoms with Crippen LogP contribution < -0.4 is 10.1 Å². The fourth-order valence-electron chi connectivity index (χ4n) is 1.75. The molecule has 0 bridgehead atoms. The van der Waals surface area contributed by atoms with Crippen molar-refractivity contribution >= 4 is 23.4 Å². The minimum absolute atomic E-state index is 0.755. The zero-order chi connectivity index (χ0) is 13.7. The van der Waals surface area contributed by atoms with Crippen LogP contribution in [-0.2, 0) is 6.54 Å². The van der Waals surface area contributed by atoms with Gasteiger partial charge in [-0.3, -0.25) is 0 Å². The number of benzene rings is 2. The summed E-state index contributed by atoms with van der Waals surface area (Å²) in [6, 6.07) is 14.0. The van der Waals surface area contributed by atoms with Crippen molar-refractivity contribution in [2.45, 2.75) is 16.3 Å². The third kappa shape index (κ3) is 3.90. The molecule has 1 N–H and O–H groups in total. The van der Waals surface area contributed by atoms with E-state index in [0.29, 0.717) is 0 Å². The van der Waals surface area contributed by atoms with E-state index in [2.05, 4.69) is 17.4 Å². The maximum Gasteiger partial charge on any atom is 0.119 e. The molecule has 0 radical (unpaired) electrons. The van der Waals surface area contributed by atoms with E-state index in [1.54, 1.807) is 18.9 Å². The first kappa shape index (κ1) is 14.3. The van der Waals surface area contributed by atoms with Crippen molar-refractivity contribution in [3.8, 4) is 5.75 Å². The van der Waals surface area contributed by atoms with E-state index in [0.717, 1.165) is 27.1 Å². The molecule has 0 spiro atoms. The van der Waals surface area contributed by atoms with Crippen molar-refractivity contribution < 1.29 is 4.74 Å². The molecule has 4 heteroatoms. The number of ether oxygens (including phenoxy) is 1. The number of rotatable bonds is 5. The van der Waals surface area contributed by atoms with Gasteiger partial charge >= 0.3 is 0 Å². The Balaban J connectivity index is 2.28. The van der Waals surface area contributed by atoms with Crippen molar-refractivity contribution in [1.82, 2.24) is 5.32 Å². The molecule has 0 unspecified atom stereocenters. The van der Waals surface area contributed by atoms with Gasteiger partial charge in [-0.05, 0) is 42.9 Å². The summed E-state index contributed by atoms with van der Waals surface area (Å²) in [7, 11) is 3.62. The maximum absolute atomic E-state index is 6.08. The molecule has 0 saturated carbocycles. The van der Waals surface area contributed by atoms with Crippen LogP contribution in [0, 0.1) is 0 Å². The van der Waals surface area contributed by atoms with Crippen LogP contribution in [0.25, 0.3) is 0 Å². The second-order valence-electron chi connectivity index (χ2n) is 4.06. The van der Waals surface area contributed by atoms with E-state index in [4.69, 9.17) is 16.3 Å². The molecule has 0 aliphatic carbocycles. The van der Waals surface area contributed by atoms with E-state index in [1.807, 2.05) is 37.4 Å². The number of hydrogen-bond acceptors (Lipinski definition) is 3. The normalized spacial score (nSPS) is 10.5. The van der Waals surface area contributed by atoms with Crippen LogP contribution in [0.1, 0.15) is 5.56 Å². The highest BCUT2D eigenvalue weighted by Crippen LogP contribution is 2.34. The largest absolute Gasteiger partial charge is 0.497 e. The Hall–Kier alpha value is -1.16. The molecule has 0 aliphatic rings. The molecule has 0 atom stereocenters. The van der Waals surface area contributed by atoms with Gasteiger partial charge in [0.2, 0.25) is 0 Å². The lowest BCUT2D eigenvalue weighted by molar-refractivity contribution is 0.413. The molecule has 2 nitrogen and oxygen atoms in total. The third-order valence-corrected chi connectivity index (χ3v) is 3.99. The van der Waals surface area contributed by atoms with Crippen molar-refractivity contribution in [2.75, 3.05) is 14.2 Å². The fraction of sp³-hybridized carbons (Fsp3) is 0.200. The first-order valence-electron chi connectivity index (χ1n) is 5.98. The summed E-state index contributed by atoms with van der Waals surface area (Å²) in [5.41, 5.74) is 1.24. The van der Waals surface area contributed by atoms with Crippen molar-refractivity contribution in [2.24, 2.45) is 0 Å². The highest BCUT2D eigenvalue weighted by molar-refractivity contribution is 7.99. The molecule has 2 rings (SSSR count). The zero-order valence-corrected chi connectivity index (χ0v) is 12.5. The van der Waals surface area contributed by atoms with Gasteiger partial charge in [-0.25, -0.2) is 0 Å². The molecule has 19 heavy (non-hydrogen) atoms. The minimum Gasteiger partial charge on any atom is -0.497 e. The van der Waals surface area contributed by atoms with Gasteiger partial charge in [0.15, 0.2) is 0 Å². The van der Waals surface area contributed by atoms with Gasteiger partial charge in [-0.2, -0.15) is 0 Å². The van der Waals surface area contributed by atoms with Crippen molar-refractivity contribution in [3.63, 3.8) is 0 Å². The van der Waals surface area contributed by atoms with Gasteiger partial charge < -0.3 is 10.1 Å². The predicted octanol–water partition coefficient (Wildman–Crippen LogP) is 4.22. The lowest BCUT2D eigenvalue weighted by Crippen LogP contribution is -2.05. The summed E-state index contributed by atoms with van der Waals surface area (Å²) in [6.07, 6.45) is 0. The van der Waals surface area contributed by atoms with E-state index in [9.17, 15) is 0 Å². The SMILES string of the molecule is CNCc1ccc(Cl)cc1Sc1cccc(OC)c1. The van der Waals surface area contributed by atoms with E-state index in [-0.39, 0.29) is 0 Å². The molecule has 0 amide bonds. The molecule has 0 aliphatic heterocycles. The summed E-state index contributed by atoms with van der Waals surface area (Å²) in [4.78, 5) is 2.30. The van der Waals surface area contributed by atoms with Crippen LogP contribution in [0.2, 0.25) is 5.02 Å². The minimum atomic E-state index is 0.755. The van der Waals surface area contributed by atoms with Crippen molar-refractivity contribution in [1.29, 1.82) is 0 Å². The Bertz CT molecular complexity index is 560. The average molecular weight is 294 g/mol. The highest BCUT2D eigenvalue weighted by atomic mass is 35.5. The van der Waals surface area contributed by atoms with Gasteiger partial charge in [-0.15, -0.1) is 0 Å². The van der Waals surface area contributed by atoms with Crippen LogP contribution in [-0.4, -0.2) is 14.2 Å². The standard InChI is InChI=1S/C15H16ClNOS/c1-17-10-11-6-7-12(16)8-15(11)19-14-5-3-4-13(9-14)18-2/h3-9,17H,10H2,1-2H3. The highest BCUT2D eigenvalue weighted by Gasteiger charge is 2.06. The molecule has 0 saturated heterocycles. The number of hydrogen-bond donors (Lipinski definition) is 1. The van der Waals surface area contributed by atoms with E-state index < -0.39 is 0 Å². The smallest absolute Gasteiger partial charge is 0.119 e. The Morgan fingerprint density at radius 1 is 1.21 bits per heavy atom. The first-order chi connectivity index (χ1) is 9.22. The summed E-state index contributed by atoms with van der Waals surface area (Å²) >= 11 is 7.78. The number of methoxy groups -OCH3 is 1. The summed E-state index contributed by atoms with van der Waals surface area (Å²) < 4.78 is 5.24. The summed E-state index contributed by atoms with van der Waals surface area (Å²) in [5, 5.41) is 3.93. The molecule has 0 fully saturated rings. The maximum atomic E-state index is 6.08. The molecule has 100 valence electrons. The first-order valence-corrected chi connectivity index (χ1v) is 7.17. The summed E-state index contributed by atoms with van der Waals surface area (Å²) in [5.74, 6) is 0.863. The van der Waals surface area contributed by atoms with E-state index >= 15 is 0 Å². The lowest BCUT2D eigenvalue weighted by Gasteiger charge is -2.10. The molecular weight excluding hydrogens is 278 g/mol. The number of halogens is 1. The number of nitrogens with one attached hydrogen (secondary N) is 1. The monoisotopic (exact) mass is 293 g/mol. The lowest BCUT2D eigenvalue weighted by atomic mass is 10.2. The fourth-order valence-corrected chi connectivity index (χ4v) is 3.02. The Labute approximate surface area is 123 Å². The van der Waals surface area contributed by atoms with E-state index in [1.165, 1.54) is 5.56 Å². The third-order valence-electron chi connectivity index (χ3n) is 2.67. The van der Waals surface area contributed by atoms with Gasteiger partial charge in [0.05, 0.1) is 7.11 Å². The van der Waals surface area contributed by atoms with Gasteiger partial charge in [0, 0.05) is 21.4 Å². The molecule has 0 heterocycles. The van der Waals surface area contributed by atoms with Gasteiger partial charge in [0.25, 0.3) is 0 Å². The molecular formula is C15H16ClNOS. The molecule has 0 aromatic heterocycles. The quantitative estimate of drug-likeness (QED) is 0.892. The second kappa shape index (κ2) is 6.85. The summed E-state index contributed by atoms with van der Waals surface area (Å²) in [6.45, 7) is 0.823. The second-order valence-corrected chi connectivity index (χ2v) is 5.62. The van der Waals surface area contributed by atoms with Crippen LogP contribution in [0.3, 0.4) is 0 Å². The zero-order valence-electron chi connectivity index (χ0n) is 10.9. The Morgan fingerprint density at radius 2 is 2.05 bits per heavy atom. The molecule has 2 aromatic rings. The van der Waals surface area contributed by atoms with Crippen LogP contribution >= 0.6 is 23.4 Å². The van der Waals surface area contributed by atoms with Crippen molar-refractivity contribution in [3.05, 3.63) is 53.1 Å². The van der Waals surface area contributed by atoms with Crippen LogP contribution in [0.5, 0.6) is 5.75 Å². The van der Waals surface area contributed by atoms with Gasteiger partial charge in [-0.1, -0.05) is 35.5 Å². The van der Waals surface area contributed by atoms with Gasteiger partial charge in [0.1, 0.15) is 5.75 Å². The average Bonchev–Trinajstić information content (AvgIpc) is 2.42. The molecule has 2 aromatic carbocycles. The Kier molecular flexibility index (Phi) is 5.14. The van der Waals surface area contributed by atoms with Crippen LogP contribution in [0.4, 0.5) is 0 Å². The van der Waals surface area contributed by atoms with Crippen LogP contribution in [0.15, 0.2) is 52.3 Å².